The van der Waals surface area contributed by atoms with Gasteiger partial charge in [0.1, 0.15) is 0 Å². The number of nitrogens with zero attached hydrogens (tertiary/aromatic N) is 1. The summed E-state index contributed by atoms with van der Waals surface area (Å²) in [5.41, 5.74) is 0. The second-order valence-electron chi connectivity index (χ2n) is 1.28. The van der Waals surface area contributed by atoms with Crippen LogP contribution in [-0.4, -0.2) is 23.3 Å². The first kappa shape index (κ1) is 9.24. The Labute approximate surface area is 68.4 Å². The van der Waals surface area contributed by atoms with E-state index in [4.69, 9.17) is 4.74 Å². The highest BCUT2D eigenvalue weighted by Gasteiger charge is 1.99. The number of isothiocyanates is 1. The maximum atomic E-state index is 5.09. The number of ether oxygens (including phenoxy) is 1. The predicted octanol–water partition coefficient (Wildman–Crippen LogP) is 1.85. The van der Waals surface area contributed by atoms with Crippen LogP contribution in [0.2, 0.25) is 0 Å². The zero-order valence-corrected chi connectivity index (χ0v) is 7.54. The molecule has 0 saturated carbocycles. The summed E-state index contributed by atoms with van der Waals surface area (Å²) >= 11 is 7.60. The Bertz CT molecular complexity index is 114. The zero-order valence-electron chi connectivity index (χ0n) is 5.13. The molecule has 0 bridgehead atoms. The van der Waals surface area contributed by atoms with E-state index in [-0.39, 0.29) is 6.23 Å². The highest BCUT2D eigenvalue weighted by Crippen LogP contribution is 1.96. The molecule has 0 aliphatic carbocycles. The molecule has 0 aliphatic rings. The molecule has 2 nitrogen and oxygen atoms in total. The van der Waals surface area contributed by atoms with Gasteiger partial charge in [-0.25, -0.2) is 0 Å². The second kappa shape index (κ2) is 6.36. The van der Waals surface area contributed by atoms with Crippen molar-refractivity contribution < 1.29 is 4.74 Å². The van der Waals surface area contributed by atoms with E-state index < -0.39 is 0 Å². The molecule has 0 aromatic rings. The SMILES string of the molecule is CCOC(CBr)N=C=S. The van der Waals surface area contributed by atoms with Crippen molar-refractivity contribution in [3.63, 3.8) is 0 Å². The summed E-state index contributed by atoms with van der Waals surface area (Å²) < 4.78 is 5.09. The van der Waals surface area contributed by atoms with E-state index in [2.05, 4.69) is 38.3 Å². The van der Waals surface area contributed by atoms with Crippen molar-refractivity contribution in [2.75, 3.05) is 11.9 Å². The van der Waals surface area contributed by atoms with Crippen LogP contribution < -0.4 is 0 Å². The van der Waals surface area contributed by atoms with Crippen molar-refractivity contribution in [3.05, 3.63) is 0 Å². The third-order valence-electron chi connectivity index (χ3n) is 0.688. The van der Waals surface area contributed by atoms with Crippen molar-refractivity contribution >= 4 is 33.3 Å². The van der Waals surface area contributed by atoms with Crippen molar-refractivity contribution in [3.8, 4) is 0 Å². The molecule has 0 radical (unpaired) electrons. The molecule has 52 valence electrons. The van der Waals surface area contributed by atoms with Gasteiger partial charge in [0.2, 0.25) is 0 Å². The van der Waals surface area contributed by atoms with Gasteiger partial charge in [-0.2, -0.15) is 4.99 Å². The van der Waals surface area contributed by atoms with Crippen molar-refractivity contribution in [1.29, 1.82) is 0 Å². The lowest BCUT2D eigenvalue weighted by molar-refractivity contribution is 0.0879. The standard InChI is InChI=1S/C5H8BrNOS/c1-2-8-5(3-6)7-4-9/h5H,2-3H2,1H3. The second-order valence-corrected chi connectivity index (χ2v) is 2.11. The van der Waals surface area contributed by atoms with E-state index in [1.54, 1.807) is 0 Å². The molecule has 0 spiro atoms. The fraction of sp³-hybridized carbons (Fsp3) is 0.800. The van der Waals surface area contributed by atoms with E-state index in [9.17, 15) is 0 Å². The highest BCUT2D eigenvalue weighted by atomic mass is 79.9. The fourth-order valence-electron chi connectivity index (χ4n) is 0.367. The smallest absolute Gasteiger partial charge is 0.167 e. The normalized spacial score (nSPS) is 12.2. The Kier molecular flexibility index (Phi) is 6.53. The summed E-state index contributed by atoms with van der Waals surface area (Å²) in [5, 5.41) is 2.93. The van der Waals surface area contributed by atoms with E-state index >= 15 is 0 Å². The molecule has 9 heavy (non-hydrogen) atoms. The van der Waals surface area contributed by atoms with Gasteiger partial charge in [-0.1, -0.05) is 15.9 Å². The Balaban J connectivity index is 3.53. The van der Waals surface area contributed by atoms with Gasteiger partial charge in [-0.3, -0.25) is 0 Å². The summed E-state index contributed by atoms with van der Waals surface area (Å²) in [6, 6.07) is 0. The van der Waals surface area contributed by atoms with Gasteiger partial charge in [-0.05, 0) is 19.1 Å². The van der Waals surface area contributed by atoms with Crippen LogP contribution in [-0.2, 0) is 4.74 Å². The minimum Gasteiger partial charge on any atom is -0.355 e. The molecule has 0 fully saturated rings. The van der Waals surface area contributed by atoms with Crippen LogP contribution in [0.1, 0.15) is 6.92 Å². The zero-order chi connectivity index (χ0) is 7.11. The highest BCUT2D eigenvalue weighted by molar-refractivity contribution is 9.09. The molecule has 0 saturated heterocycles. The fourth-order valence-corrected chi connectivity index (χ4v) is 0.817. The lowest BCUT2D eigenvalue weighted by atomic mass is 10.7. The van der Waals surface area contributed by atoms with Crippen molar-refractivity contribution in [2.45, 2.75) is 13.2 Å². The Morgan fingerprint density at radius 3 is 2.89 bits per heavy atom. The first-order valence-electron chi connectivity index (χ1n) is 2.59. The Morgan fingerprint density at radius 1 is 1.89 bits per heavy atom. The number of thiocarbonyl (C=S) groups is 1. The molecule has 0 aromatic carbocycles. The Hall–Kier alpha value is 0.240. The number of aliphatic imine (C=N–C) groups is 1. The minimum absolute atomic E-state index is 0.160. The first-order chi connectivity index (χ1) is 4.35. The molecule has 1 unspecified atom stereocenters. The number of hydrogen-bond donors (Lipinski definition) is 0. The summed E-state index contributed by atoms with van der Waals surface area (Å²) in [7, 11) is 0. The van der Waals surface area contributed by atoms with E-state index in [0.717, 1.165) is 0 Å². The van der Waals surface area contributed by atoms with Gasteiger partial charge in [0.25, 0.3) is 0 Å². The topological polar surface area (TPSA) is 21.6 Å². The summed E-state index contributed by atoms with van der Waals surface area (Å²) in [5.74, 6) is 0. The Morgan fingerprint density at radius 2 is 2.56 bits per heavy atom. The van der Waals surface area contributed by atoms with Gasteiger partial charge in [0.15, 0.2) is 6.23 Å². The van der Waals surface area contributed by atoms with Crippen LogP contribution in [0.15, 0.2) is 4.99 Å². The van der Waals surface area contributed by atoms with Crippen LogP contribution in [0.4, 0.5) is 0 Å². The van der Waals surface area contributed by atoms with Crippen LogP contribution in [0.3, 0.4) is 0 Å². The largest absolute Gasteiger partial charge is 0.355 e. The van der Waals surface area contributed by atoms with E-state index in [0.29, 0.717) is 11.9 Å². The number of rotatable bonds is 4. The van der Waals surface area contributed by atoms with Gasteiger partial charge in [0.05, 0.1) is 10.5 Å². The lowest BCUT2D eigenvalue weighted by Gasteiger charge is -2.04. The van der Waals surface area contributed by atoms with Gasteiger partial charge in [-0.15, -0.1) is 0 Å². The van der Waals surface area contributed by atoms with Crippen LogP contribution in [0.5, 0.6) is 0 Å². The number of halogens is 1. The van der Waals surface area contributed by atoms with E-state index in [1.165, 1.54) is 0 Å². The van der Waals surface area contributed by atoms with Crippen molar-refractivity contribution in [2.24, 2.45) is 4.99 Å². The maximum absolute atomic E-state index is 5.09. The number of alkyl halides is 1. The maximum Gasteiger partial charge on any atom is 0.167 e. The van der Waals surface area contributed by atoms with Crippen LogP contribution >= 0.6 is 28.1 Å². The molecular weight excluding hydrogens is 202 g/mol. The first-order valence-corrected chi connectivity index (χ1v) is 4.12. The molecule has 4 heteroatoms. The number of hydrogen-bond acceptors (Lipinski definition) is 3. The molecule has 0 N–H and O–H groups in total. The summed E-state index contributed by atoms with van der Waals surface area (Å²) in [4.78, 5) is 3.73. The molecular formula is C5H8BrNOS. The third-order valence-corrected chi connectivity index (χ3v) is 1.35. The average molecular weight is 210 g/mol. The quantitative estimate of drug-likeness (QED) is 0.401. The van der Waals surface area contributed by atoms with Crippen LogP contribution in [0.25, 0.3) is 0 Å². The molecule has 0 heterocycles. The van der Waals surface area contributed by atoms with Crippen molar-refractivity contribution in [1.82, 2.24) is 0 Å². The van der Waals surface area contributed by atoms with Gasteiger partial charge in [0, 0.05) is 6.61 Å². The molecule has 1 atom stereocenters. The van der Waals surface area contributed by atoms with Crippen LogP contribution in [0, 0.1) is 0 Å². The predicted molar refractivity (Wildman–Crippen MR) is 44.2 cm³/mol. The molecule has 0 amide bonds. The lowest BCUT2D eigenvalue weighted by Crippen LogP contribution is -2.10. The molecule has 0 rings (SSSR count). The van der Waals surface area contributed by atoms with Gasteiger partial charge >= 0.3 is 0 Å². The molecule has 0 aromatic heterocycles. The molecule has 0 aliphatic heterocycles. The summed E-state index contributed by atoms with van der Waals surface area (Å²) in [6.45, 7) is 2.56. The average Bonchev–Trinajstić information content (AvgIpc) is 1.88. The van der Waals surface area contributed by atoms with Gasteiger partial charge < -0.3 is 4.74 Å². The minimum atomic E-state index is -0.160. The monoisotopic (exact) mass is 209 g/mol. The van der Waals surface area contributed by atoms with E-state index in [1.807, 2.05) is 6.92 Å². The third kappa shape index (κ3) is 4.73. The summed E-state index contributed by atoms with van der Waals surface area (Å²) in [6.07, 6.45) is -0.160.